The second kappa shape index (κ2) is 6.92. The minimum Gasteiger partial charge on any atom is -0.383 e. The number of nitrogens with zero attached hydrogens (tertiary/aromatic N) is 2. The van der Waals surface area contributed by atoms with Crippen LogP contribution in [0.5, 0.6) is 0 Å². The Balaban J connectivity index is 1.75. The summed E-state index contributed by atoms with van der Waals surface area (Å²) in [5.74, 6) is 0.218. The summed E-state index contributed by atoms with van der Waals surface area (Å²) in [5.41, 5.74) is 8.91. The van der Waals surface area contributed by atoms with Gasteiger partial charge >= 0.3 is 0 Å². The van der Waals surface area contributed by atoms with Crippen molar-refractivity contribution in [3.8, 4) is 11.1 Å². The monoisotopic (exact) mass is 366 g/mol. The summed E-state index contributed by atoms with van der Waals surface area (Å²) in [6, 6.07) is 13.5. The van der Waals surface area contributed by atoms with Crippen LogP contribution < -0.4 is 11.1 Å². The van der Waals surface area contributed by atoms with Gasteiger partial charge in [0.25, 0.3) is 5.91 Å². The smallest absolute Gasteiger partial charge is 0.271 e. The standard InChI is InChI=1S/C20H19ClN4O/c21-16-4-2-1-3-14(16)13-7-8-15-17(11-13)24-25-19(20(22)26)18(15)23-10-9-12-5-6-12/h1-4,7-8,11-12H,5-6,9-10H2,(H2,22,26)(H,23,24). The summed E-state index contributed by atoms with van der Waals surface area (Å²) >= 11 is 6.30. The van der Waals surface area contributed by atoms with Crippen LogP contribution in [0.3, 0.4) is 0 Å². The molecular formula is C20H19ClN4O. The molecule has 1 saturated carbocycles. The highest BCUT2D eigenvalue weighted by Crippen LogP contribution is 2.34. The van der Waals surface area contributed by atoms with E-state index < -0.39 is 5.91 Å². The number of hydrogen-bond acceptors (Lipinski definition) is 4. The molecule has 0 aliphatic heterocycles. The van der Waals surface area contributed by atoms with E-state index in [1.807, 2.05) is 42.5 Å². The quantitative estimate of drug-likeness (QED) is 0.683. The second-order valence-corrected chi connectivity index (χ2v) is 7.07. The molecule has 0 spiro atoms. The van der Waals surface area contributed by atoms with Crippen molar-refractivity contribution in [2.75, 3.05) is 11.9 Å². The molecule has 0 bridgehead atoms. The maximum atomic E-state index is 11.8. The fourth-order valence-corrected chi connectivity index (χ4v) is 3.37. The normalized spacial score (nSPS) is 13.7. The van der Waals surface area contributed by atoms with Crippen LogP contribution in [0.4, 0.5) is 5.69 Å². The number of aromatic nitrogens is 2. The minimum atomic E-state index is -0.580. The summed E-state index contributed by atoms with van der Waals surface area (Å²) in [6.07, 6.45) is 3.67. The Kier molecular flexibility index (Phi) is 4.47. The van der Waals surface area contributed by atoms with Gasteiger partial charge in [0, 0.05) is 22.5 Å². The molecule has 3 N–H and O–H groups in total. The van der Waals surface area contributed by atoms with Crippen molar-refractivity contribution in [3.63, 3.8) is 0 Å². The third-order valence-corrected chi connectivity index (χ3v) is 5.06. The minimum absolute atomic E-state index is 0.179. The Morgan fingerprint density at radius 1 is 1.19 bits per heavy atom. The van der Waals surface area contributed by atoms with Gasteiger partial charge in [0.15, 0.2) is 5.69 Å². The molecule has 0 saturated heterocycles. The lowest BCUT2D eigenvalue weighted by Crippen LogP contribution is -2.18. The van der Waals surface area contributed by atoms with Crippen molar-refractivity contribution in [3.05, 3.63) is 53.2 Å². The molecule has 1 aromatic heterocycles. The van der Waals surface area contributed by atoms with Gasteiger partial charge in [-0.15, -0.1) is 10.2 Å². The third-order valence-electron chi connectivity index (χ3n) is 4.73. The molecule has 0 radical (unpaired) electrons. The maximum absolute atomic E-state index is 11.8. The molecule has 1 aliphatic rings. The van der Waals surface area contributed by atoms with E-state index in [-0.39, 0.29) is 5.69 Å². The first-order valence-electron chi connectivity index (χ1n) is 8.72. The van der Waals surface area contributed by atoms with Crippen molar-refractivity contribution < 1.29 is 4.79 Å². The largest absolute Gasteiger partial charge is 0.383 e. The van der Waals surface area contributed by atoms with Gasteiger partial charge < -0.3 is 11.1 Å². The molecule has 0 atom stereocenters. The van der Waals surface area contributed by atoms with E-state index in [9.17, 15) is 4.79 Å². The molecule has 6 heteroatoms. The highest BCUT2D eigenvalue weighted by Gasteiger charge is 2.21. The van der Waals surface area contributed by atoms with Crippen LogP contribution in [0, 0.1) is 5.92 Å². The number of primary amides is 1. The fourth-order valence-electron chi connectivity index (χ4n) is 3.13. The van der Waals surface area contributed by atoms with Crippen LogP contribution in [-0.4, -0.2) is 22.6 Å². The highest BCUT2D eigenvalue weighted by molar-refractivity contribution is 6.33. The van der Waals surface area contributed by atoms with Gasteiger partial charge in [-0.05, 0) is 36.1 Å². The van der Waals surface area contributed by atoms with Crippen LogP contribution in [0.2, 0.25) is 5.02 Å². The van der Waals surface area contributed by atoms with Crippen LogP contribution in [0.15, 0.2) is 42.5 Å². The van der Waals surface area contributed by atoms with E-state index in [1.165, 1.54) is 12.8 Å². The lowest BCUT2D eigenvalue weighted by Gasteiger charge is -2.13. The molecule has 0 unspecified atom stereocenters. The summed E-state index contributed by atoms with van der Waals surface area (Å²) in [7, 11) is 0. The summed E-state index contributed by atoms with van der Waals surface area (Å²) < 4.78 is 0. The van der Waals surface area contributed by atoms with Crippen LogP contribution in [0.25, 0.3) is 22.0 Å². The summed E-state index contributed by atoms with van der Waals surface area (Å²) in [5, 5.41) is 13.1. The van der Waals surface area contributed by atoms with Crippen molar-refractivity contribution in [1.29, 1.82) is 0 Å². The maximum Gasteiger partial charge on any atom is 0.271 e. The van der Waals surface area contributed by atoms with E-state index >= 15 is 0 Å². The molecule has 4 rings (SSSR count). The summed E-state index contributed by atoms with van der Waals surface area (Å²) in [4.78, 5) is 11.8. The Morgan fingerprint density at radius 3 is 2.73 bits per heavy atom. The first-order chi connectivity index (χ1) is 12.6. The molecule has 5 nitrogen and oxygen atoms in total. The van der Waals surface area contributed by atoms with Crippen molar-refractivity contribution in [1.82, 2.24) is 10.2 Å². The second-order valence-electron chi connectivity index (χ2n) is 6.66. The van der Waals surface area contributed by atoms with E-state index in [1.54, 1.807) is 0 Å². The number of carbonyl (C=O) groups excluding carboxylic acids is 1. The number of rotatable bonds is 6. The number of carbonyl (C=O) groups is 1. The number of nitrogens with one attached hydrogen (secondary N) is 1. The zero-order valence-electron chi connectivity index (χ0n) is 14.2. The molecule has 1 aliphatic carbocycles. The van der Waals surface area contributed by atoms with Gasteiger partial charge in [0.2, 0.25) is 0 Å². The Morgan fingerprint density at radius 2 is 2.00 bits per heavy atom. The van der Waals surface area contributed by atoms with Crippen LogP contribution in [0.1, 0.15) is 29.8 Å². The Bertz CT molecular complexity index is 985. The molecule has 1 heterocycles. The predicted octanol–water partition coefficient (Wildman–Crippen LogP) is 4.26. The van der Waals surface area contributed by atoms with Gasteiger partial charge in [-0.2, -0.15) is 0 Å². The molecular weight excluding hydrogens is 348 g/mol. The van der Waals surface area contributed by atoms with Gasteiger partial charge in [-0.25, -0.2) is 0 Å². The van der Waals surface area contributed by atoms with E-state index in [0.29, 0.717) is 16.2 Å². The molecule has 1 amide bonds. The molecule has 2 aromatic carbocycles. The highest BCUT2D eigenvalue weighted by atomic mass is 35.5. The van der Waals surface area contributed by atoms with Crippen molar-refractivity contribution >= 4 is 34.1 Å². The number of amides is 1. The van der Waals surface area contributed by atoms with E-state index in [0.717, 1.165) is 35.4 Å². The topological polar surface area (TPSA) is 80.9 Å². The Hall–Kier alpha value is -2.66. The third kappa shape index (κ3) is 3.35. The van der Waals surface area contributed by atoms with Crippen LogP contribution >= 0.6 is 11.6 Å². The van der Waals surface area contributed by atoms with Gasteiger partial charge in [0.1, 0.15) is 0 Å². The first kappa shape index (κ1) is 16.8. The average Bonchev–Trinajstić information content (AvgIpc) is 3.46. The lowest BCUT2D eigenvalue weighted by atomic mass is 10.0. The number of nitrogens with two attached hydrogens (primary N) is 1. The lowest BCUT2D eigenvalue weighted by molar-refractivity contribution is 0.0995. The average molecular weight is 367 g/mol. The number of halogens is 1. The zero-order valence-corrected chi connectivity index (χ0v) is 15.0. The number of hydrogen-bond donors (Lipinski definition) is 2. The predicted molar refractivity (Wildman–Crippen MR) is 104 cm³/mol. The van der Waals surface area contributed by atoms with Gasteiger partial charge in [-0.1, -0.05) is 48.7 Å². The zero-order chi connectivity index (χ0) is 18.1. The van der Waals surface area contributed by atoms with Crippen molar-refractivity contribution in [2.45, 2.75) is 19.3 Å². The summed E-state index contributed by atoms with van der Waals surface area (Å²) in [6.45, 7) is 0.790. The van der Waals surface area contributed by atoms with Gasteiger partial charge in [-0.3, -0.25) is 4.79 Å². The van der Waals surface area contributed by atoms with E-state index in [2.05, 4.69) is 15.5 Å². The van der Waals surface area contributed by atoms with Crippen molar-refractivity contribution in [2.24, 2.45) is 11.7 Å². The van der Waals surface area contributed by atoms with Crippen LogP contribution in [-0.2, 0) is 0 Å². The molecule has 1 fully saturated rings. The fraction of sp³-hybridized carbons (Fsp3) is 0.250. The SMILES string of the molecule is NC(=O)c1nnc2cc(-c3ccccc3Cl)ccc2c1NCCC1CC1. The molecule has 3 aromatic rings. The van der Waals surface area contributed by atoms with Gasteiger partial charge in [0.05, 0.1) is 11.2 Å². The molecule has 132 valence electrons. The number of fused-ring (bicyclic) bond motifs is 1. The first-order valence-corrected chi connectivity index (χ1v) is 9.10. The Labute approximate surface area is 156 Å². The number of anilines is 1. The van der Waals surface area contributed by atoms with E-state index in [4.69, 9.17) is 17.3 Å². The molecule has 26 heavy (non-hydrogen) atoms. The number of benzene rings is 2.